The Morgan fingerprint density at radius 2 is 1.88 bits per heavy atom. The van der Waals surface area contributed by atoms with Gasteiger partial charge in [-0.05, 0) is 55.6 Å². The summed E-state index contributed by atoms with van der Waals surface area (Å²) in [7, 11) is 0. The average molecular weight is 448 g/mol. The van der Waals surface area contributed by atoms with Crippen molar-refractivity contribution in [1.29, 1.82) is 0 Å². The van der Waals surface area contributed by atoms with Crippen LogP contribution < -0.4 is 10.6 Å². The predicted molar refractivity (Wildman–Crippen MR) is 121 cm³/mol. The lowest BCUT2D eigenvalue weighted by Crippen LogP contribution is -2.56. The lowest BCUT2D eigenvalue weighted by atomic mass is 9.81. The van der Waals surface area contributed by atoms with Crippen LogP contribution >= 0.6 is 0 Å². The minimum absolute atomic E-state index is 0.0271. The van der Waals surface area contributed by atoms with Gasteiger partial charge in [0.15, 0.2) is 0 Å². The number of fused-ring (bicyclic) bond motifs is 3. The summed E-state index contributed by atoms with van der Waals surface area (Å²) >= 11 is 0. The van der Waals surface area contributed by atoms with Crippen LogP contribution in [-0.4, -0.2) is 57.8 Å². The van der Waals surface area contributed by atoms with E-state index in [-0.39, 0.29) is 29.7 Å². The Morgan fingerprint density at radius 1 is 1.03 bits per heavy atom. The molecule has 6 rings (SSSR count). The van der Waals surface area contributed by atoms with Crippen LogP contribution in [0.5, 0.6) is 0 Å². The summed E-state index contributed by atoms with van der Waals surface area (Å²) in [6.07, 6.45) is 4.93. The molecule has 0 radical (unpaired) electrons. The lowest BCUT2D eigenvalue weighted by molar-refractivity contribution is -0.136. The number of amides is 3. The van der Waals surface area contributed by atoms with Gasteiger partial charge in [0.25, 0.3) is 5.91 Å². The fourth-order valence-corrected chi connectivity index (χ4v) is 6.31. The number of carbonyl (C=O) groups excluding carboxylic acids is 3. The van der Waals surface area contributed by atoms with Crippen molar-refractivity contribution in [2.24, 2.45) is 0 Å². The van der Waals surface area contributed by atoms with E-state index in [0.717, 1.165) is 55.7 Å². The van der Waals surface area contributed by atoms with Crippen molar-refractivity contribution in [3.05, 3.63) is 58.9 Å². The summed E-state index contributed by atoms with van der Waals surface area (Å²) in [5.74, 6) is -0.711. The molecule has 1 spiro atoms. The smallest absolute Gasteiger partial charge is 0.255 e. The molecule has 8 nitrogen and oxygen atoms in total. The Bertz CT molecular complexity index is 1130. The van der Waals surface area contributed by atoms with E-state index in [4.69, 9.17) is 0 Å². The lowest BCUT2D eigenvalue weighted by Gasteiger charge is -2.50. The highest BCUT2D eigenvalue weighted by molar-refractivity contribution is 6.06. The monoisotopic (exact) mass is 447 g/mol. The molecular formula is C25H29N5O3. The van der Waals surface area contributed by atoms with Crippen molar-refractivity contribution in [2.45, 2.75) is 56.9 Å². The number of aromatic nitrogens is 1. The number of piperidine rings is 2. The standard InChI is InChI=1S/C25H29N5O3/c31-21-7-6-19(23(32)27-21)30-16-18-4-1-3-17(22(18)24(30)33)15-29-14-13-28-12-2-5-20(28)25(29)8-10-26-11-9-25/h1-5,12,19,26H,6-11,13-16H2,(H,27,31,32). The third-order valence-corrected chi connectivity index (χ3v) is 7.95. The first-order valence-corrected chi connectivity index (χ1v) is 11.9. The van der Waals surface area contributed by atoms with Gasteiger partial charge in [0.1, 0.15) is 6.04 Å². The number of hydrogen-bond donors (Lipinski definition) is 2. The van der Waals surface area contributed by atoms with Gasteiger partial charge >= 0.3 is 0 Å². The molecule has 2 saturated heterocycles. The van der Waals surface area contributed by atoms with Gasteiger partial charge in [-0.2, -0.15) is 0 Å². The molecule has 0 aliphatic carbocycles. The van der Waals surface area contributed by atoms with Gasteiger partial charge in [-0.25, -0.2) is 0 Å². The maximum absolute atomic E-state index is 13.5. The minimum atomic E-state index is -0.579. The normalized spacial score (nSPS) is 24.7. The second-order valence-electron chi connectivity index (χ2n) is 9.64. The third-order valence-electron chi connectivity index (χ3n) is 7.95. The van der Waals surface area contributed by atoms with E-state index in [1.807, 2.05) is 12.1 Å². The first-order chi connectivity index (χ1) is 16.1. The van der Waals surface area contributed by atoms with Gasteiger partial charge in [-0.1, -0.05) is 18.2 Å². The van der Waals surface area contributed by atoms with E-state index >= 15 is 0 Å². The third kappa shape index (κ3) is 3.23. The van der Waals surface area contributed by atoms with Gasteiger partial charge in [-0.15, -0.1) is 0 Å². The van der Waals surface area contributed by atoms with Gasteiger partial charge in [0.05, 0.1) is 5.54 Å². The van der Waals surface area contributed by atoms with Crippen LogP contribution in [0.2, 0.25) is 0 Å². The molecule has 172 valence electrons. The summed E-state index contributed by atoms with van der Waals surface area (Å²) < 4.78 is 2.38. The highest BCUT2D eigenvalue weighted by Gasteiger charge is 2.45. The molecule has 33 heavy (non-hydrogen) atoms. The zero-order valence-electron chi connectivity index (χ0n) is 18.7. The number of nitrogens with one attached hydrogen (secondary N) is 2. The maximum Gasteiger partial charge on any atom is 0.255 e. The zero-order valence-corrected chi connectivity index (χ0v) is 18.7. The molecule has 0 bridgehead atoms. The second kappa shape index (κ2) is 7.81. The van der Waals surface area contributed by atoms with Gasteiger partial charge in [0.2, 0.25) is 11.8 Å². The molecule has 2 N–H and O–H groups in total. The number of imide groups is 1. The van der Waals surface area contributed by atoms with E-state index in [2.05, 4.69) is 44.5 Å². The number of nitrogens with zero attached hydrogens (tertiary/aromatic N) is 3. The fraction of sp³-hybridized carbons (Fsp3) is 0.480. The highest BCUT2D eigenvalue weighted by atomic mass is 16.2. The van der Waals surface area contributed by atoms with Crippen molar-refractivity contribution in [3.63, 3.8) is 0 Å². The molecule has 1 aromatic heterocycles. The van der Waals surface area contributed by atoms with Crippen LogP contribution in [0.4, 0.5) is 0 Å². The molecule has 1 aromatic carbocycles. The van der Waals surface area contributed by atoms with Crippen LogP contribution in [0.1, 0.15) is 52.9 Å². The maximum atomic E-state index is 13.5. The van der Waals surface area contributed by atoms with Crippen LogP contribution in [0.25, 0.3) is 0 Å². The molecule has 3 amide bonds. The molecule has 1 unspecified atom stereocenters. The number of carbonyl (C=O) groups is 3. The van der Waals surface area contributed by atoms with Gasteiger partial charge in [0, 0.05) is 50.1 Å². The Morgan fingerprint density at radius 3 is 2.70 bits per heavy atom. The summed E-state index contributed by atoms with van der Waals surface area (Å²) in [6, 6.07) is 9.89. The van der Waals surface area contributed by atoms with E-state index in [9.17, 15) is 14.4 Å². The summed E-state index contributed by atoms with van der Waals surface area (Å²) in [4.78, 5) is 41.8. The zero-order chi connectivity index (χ0) is 22.6. The van der Waals surface area contributed by atoms with Crippen LogP contribution in [0.15, 0.2) is 36.5 Å². The van der Waals surface area contributed by atoms with E-state index in [1.165, 1.54) is 5.69 Å². The molecule has 1 atom stereocenters. The van der Waals surface area contributed by atoms with Gasteiger partial charge in [-0.3, -0.25) is 24.6 Å². The van der Waals surface area contributed by atoms with Crippen LogP contribution in [-0.2, 0) is 34.8 Å². The van der Waals surface area contributed by atoms with Crippen molar-refractivity contribution >= 4 is 17.7 Å². The quantitative estimate of drug-likeness (QED) is 0.694. The average Bonchev–Trinajstić information content (AvgIpc) is 3.43. The van der Waals surface area contributed by atoms with Crippen molar-refractivity contribution in [1.82, 2.24) is 25.0 Å². The minimum Gasteiger partial charge on any atom is -0.348 e. The molecule has 4 aliphatic heterocycles. The summed E-state index contributed by atoms with van der Waals surface area (Å²) in [5.41, 5.74) is 4.10. The number of benzene rings is 1. The first kappa shape index (κ1) is 20.6. The first-order valence-electron chi connectivity index (χ1n) is 11.9. The highest BCUT2D eigenvalue weighted by Crippen LogP contribution is 2.41. The van der Waals surface area contributed by atoms with Crippen molar-refractivity contribution in [2.75, 3.05) is 19.6 Å². The summed E-state index contributed by atoms with van der Waals surface area (Å²) in [5, 5.41) is 5.89. The number of rotatable bonds is 3. The SMILES string of the molecule is O=C1CCC(N2Cc3cccc(CN4CCn5cccc5C45CCNCC5)c3C2=O)C(=O)N1. The Hall–Kier alpha value is -2.97. The Labute approximate surface area is 192 Å². The van der Waals surface area contributed by atoms with Crippen molar-refractivity contribution in [3.8, 4) is 0 Å². The van der Waals surface area contributed by atoms with E-state index < -0.39 is 6.04 Å². The molecule has 5 heterocycles. The second-order valence-corrected chi connectivity index (χ2v) is 9.64. The largest absolute Gasteiger partial charge is 0.348 e. The Kier molecular flexibility index (Phi) is 4.88. The van der Waals surface area contributed by atoms with Crippen LogP contribution in [0.3, 0.4) is 0 Å². The topological polar surface area (TPSA) is 86.7 Å². The number of hydrogen-bond acceptors (Lipinski definition) is 5. The molecule has 2 fully saturated rings. The Balaban J connectivity index is 1.31. The predicted octanol–water partition coefficient (Wildman–Crippen LogP) is 1.34. The molecule has 8 heteroatoms. The summed E-state index contributed by atoms with van der Waals surface area (Å²) in [6.45, 7) is 4.99. The van der Waals surface area contributed by atoms with Gasteiger partial charge < -0.3 is 14.8 Å². The van der Waals surface area contributed by atoms with Crippen LogP contribution in [0, 0.1) is 0 Å². The molecular weight excluding hydrogens is 418 g/mol. The molecule has 4 aliphatic rings. The van der Waals surface area contributed by atoms with Crippen molar-refractivity contribution < 1.29 is 14.4 Å². The van der Waals surface area contributed by atoms with E-state index in [0.29, 0.717) is 19.5 Å². The molecule has 0 saturated carbocycles. The fourth-order valence-electron chi connectivity index (χ4n) is 6.31. The molecule has 2 aromatic rings. The van der Waals surface area contributed by atoms with E-state index in [1.54, 1.807) is 4.90 Å².